The second kappa shape index (κ2) is 15.9. The maximum atomic E-state index is 13.4. The predicted molar refractivity (Wildman–Crippen MR) is 141 cm³/mol. The zero-order chi connectivity index (χ0) is 28.8. The molecule has 214 valence electrons. The molecule has 0 aliphatic carbocycles. The van der Waals surface area contributed by atoms with Gasteiger partial charge in [-0.05, 0) is 44.2 Å². The zero-order valence-corrected chi connectivity index (χ0v) is 21.6. The van der Waals surface area contributed by atoms with E-state index in [4.69, 9.17) is 16.6 Å². The number of nitrogens with two attached hydrogens (primary N) is 2. The van der Waals surface area contributed by atoms with Gasteiger partial charge in [0.15, 0.2) is 5.96 Å². The maximum absolute atomic E-state index is 13.4. The summed E-state index contributed by atoms with van der Waals surface area (Å²) in [4.78, 5) is 65.6. The van der Waals surface area contributed by atoms with Crippen molar-refractivity contribution < 1.29 is 34.2 Å². The van der Waals surface area contributed by atoms with Crippen molar-refractivity contribution in [2.45, 2.75) is 69.1 Å². The highest BCUT2D eigenvalue weighted by Gasteiger charge is 2.31. The van der Waals surface area contributed by atoms with Crippen LogP contribution in [0.1, 0.15) is 44.1 Å². The van der Waals surface area contributed by atoms with Crippen LogP contribution in [-0.2, 0) is 30.4 Å². The summed E-state index contributed by atoms with van der Waals surface area (Å²) < 4.78 is 0. The number of carbonyl (C=O) groups excluding carboxylic acids is 3. The Morgan fingerprint density at radius 3 is 2.21 bits per heavy atom. The van der Waals surface area contributed by atoms with E-state index in [1.165, 1.54) is 0 Å². The van der Waals surface area contributed by atoms with E-state index in [0.717, 1.165) is 12.0 Å². The summed E-state index contributed by atoms with van der Waals surface area (Å²) >= 11 is 0. The number of amides is 3. The molecule has 1 heterocycles. The van der Waals surface area contributed by atoms with Crippen molar-refractivity contribution in [2.75, 3.05) is 13.1 Å². The molecule has 0 aromatic heterocycles. The highest BCUT2D eigenvalue weighted by Crippen LogP contribution is 2.09. The van der Waals surface area contributed by atoms with Gasteiger partial charge < -0.3 is 42.9 Å². The molecule has 4 unspecified atom stereocenters. The first-order valence-corrected chi connectivity index (χ1v) is 12.7. The fourth-order valence-electron chi connectivity index (χ4n) is 4.08. The quantitative estimate of drug-likeness (QED) is 0.0672. The molecule has 14 heteroatoms. The van der Waals surface area contributed by atoms with Gasteiger partial charge in [-0.2, -0.15) is 0 Å². The highest BCUT2D eigenvalue weighted by molar-refractivity contribution is 5.94. The third-order valence-corrected chi connectivity index (χ3v) is 6.13. The van der Waals surface area contributed by atoms with Crippen LogP contribution < -0.4 is 32.7 Å². The van der Waals surface area contributed by atoms with Crippen LogP contribution in [0, 0.1) is 0 Å². The lowest BCUT2D eigenvalue weighted by Crippen LogP contribution is -2.57. The summed E-state index contributed by atoms with van der Waals surface area (Å²) in [6.07, 6.45) is 1.13. The van der Waals surface area contributed by atoms with E-state index in [2.05, 4.69) is 26.3 Å². The highest BCUT2D eigenvalue weighted by atomic mass is 16.4. The molecule has 39 heavy (non-hydrogen) atoms. The Bertz CT molecular complexity index is 1020. The molecule has 1 aliphatic heterocycles. The summed E-state index contributed by atoms with van der Waals surface area (Å²) in [5.41, 5.74) is 11.5. The molecule has 10 N–H and O–H groups in total. The molecule has 0 saturated carbocycles. The van der Waals surface area contributed by atoms with Crippen LogP contribution >= 0.6 is 0 Å². The number of nitrogens with zero attached hydrogens (tertiary/aromatic N) is 1. The summed E-state index contributed by atoms with van der Waals surface area (Å²) in [5.74, 6) is -4.55. The second-order valence-electron chi connectivity index (χ2n) is 9.24. The van der Waals surface area contributed by atoms with Gasteiger partial charge in [0.25, 0.3) is 0 Å². The molecule has 0 radical (unpaired) electrons. The van der Waals surface area contributed by atoms with Gasteiger partial charge in [0, 0.05) is 19.4 Å². The molecule has 3 amide bonds. The third-order valence-electron chi connectivity index (χ3n) is 6.13. The van der Waals surface area contributed by atoms with E-state index in [0.29, 0.717) is 13.0 Å². The van der Waals surface area contributed by atoms with Crippen molar-refractivity contribution >= 4 is 35.6 Å². The molecule has 0 spiro atoms. The Morgan fingerprint density at radius 2 is 1.62 bits per heavy atom. The minimum atomic E-state index is -1.47. The number of carboxylic acid groups (broad SMARTS) is 2. The lowest BCUT2D eigenvalue weighted by atomic mass is 10.0. The first kappa shape index (κ1) is 31.0. The largest absolute Gasteiger partial charge is 0.481 e. The van der Waals surface area contributed by atoms with E-state index < -0.39 is 54.3 Å². The topological polar surface area (TPSA) is 238 Å². The van der Waals surface area contributed by atoms with Gasteiger partial charge in [-0.3, -0.25) is 24.2 Å². The first-order chi connectivity index (χ1) is 18.6. The number of aliphatic imine (C=N–C) groups is 1. The Kier molecular flexibility index (Phi) is 12.7. The van der Waals surface area contributed by atoms with Gasteiger partial charge in [-0.15, -0.1) is 0 Å². The van der Waals surface area contributed by atoms with E-state index in [-0.39, 0.29) is 44.1 Å². The molecule has 4 atom stereocenters. The second-order valence-corrected chi connectivity index (χ2v) is 9.24. The Labute approximate surface area is 226 Å². The minimum absolute atomic E-state index is 0.0514. The fourth-order valence-corrected chi connectivity index (χ4v) is 4.08. The lowest BCUT2D eigenvalue weighted by molar-refractivity contribution is -0.143. The van der Waals surface area contributed by atoms with Crippen molar-refractivity contribution in [3.63, 3.8) is 0 Å². The number of nitrogens with one attached hydrogen (secondary N) is 4. The van der Waals surface area contributed by atoms with Crippen LogP contribution in [-0.4, -0.2) is 83.1 Å². The number of benzene rings is 1. The molecule has 1 aliphatic rings. The average Bonchev–Trinajstić information content (AvgIpc) is 3.43. The van der Waals surface area contributed by atoms with Crippen molar-refractivity contribution in [1.29, 1.82) is 0 Å². The van der Waals surface area contributed by atoms with Gasteiger partial charge in [-0.25, -0.2) is 4.79 Å². The van der Waals surface area contributed by atoms with Crippen LogP contribution in [0.4, 0.5) is 0 Å². The third kappa shape index (κ3) is 11.4. The van der Waals surface area contributed by atoms with Gasteiger partial charge in [0.1, 0.15) is 18.1 Å². The van der Waals surface area contributed by atoms with Gasteiger partial charge in [0.05, 0.1) is 6.04 Å². The molecular formula is C25H37N7O7. The maximum Gasteiger partial charge on any atom is 0.326 e. The fraction of sp³-hybridized carbons (Fsp3) is 0.520. The number of carbonyl (C=O) groups is 5. The van der Waals surface area contributed by atoms with Gasteiger partial charge in [0.2, 0.25) is 17.7 Å². The monoisotopic (exact) mass is 547 g/mol. The minimum Gasteiger partial charge on any atom is -0.481 e. The molecule has 14 nitrogen and oxygen atoms in total. The number of hydrogen-bond donors (Lipinski definition) is 8. The smallest absolute Gasteiger partial charge is 0.326 e. The van der Waals surface area contributed by atoms with Crippen LogP contribution in [0.5, 0.6) is 0 Å². The normalized spacial score (nSPS) is 16.8. The molecule has 0 bridgehead atoms. The molecule has 1 fully saturated rings. The number of aliphatic carboxylic acids is 2. The Balaban J connectivity index is 2.20. The van der Waals surface area contributed by atoms with Crippen molar-refractivity contribution in [3.8, 4) is 0 Å². The Morgan fingerprint density at radius 1 is 0.949 bits per heavy atom. The number of guanidine groups is 1. The number of rotatable bonds is 16. The van der Waals surface area contributed by atoms with E-state index in [1.54, 1.807) is 24.3 Å². The molecular weight excluding hydrogens is 510 g/mol. The molecule has 2 rings (SSSR count). The summed E-state index contributed by atoms with van der Waals surface area (Å²) in [6, 6.07) is 4.91. The van der Waals surface area contributed by atoms with Crippen LogP contribution in [0.15, 0.2) is 35.3 Å². The van der Waals surface area contributed by atoms with Gasteiger partial charge in [-0.1, -0.05) is 30.3 Å². The summed E-state index contributed by atoms with van der Waals surface area (Å²) in [7, 11) is 0. The van der Waals surface area contributed by atoms with Crippen molar-refractivity contribution in [2.24, 2.45) is 16.5 Å². The van der Waals surface area contributed by atoms with E-state index >= 15 is 0 Å². The van der Waals surface area contributed by atoms with E-state index in [1.807, 2.05) is 6.07 Å². The van der Waals surface area contributed by atoms with Crippen LogP contribution in [0.25, 0.3) is 0 Å². The Hall–Kier alpha value is -4.20. The SMILES string of the molecule is NC(N)=NCCCC(NC(=O)C(Cc1ccccc1)NC(=O)C1CCCN1)C(=O)NC(CCC(=O)O)C(=O)O. The van der Waals surface area contributed by atoms with E-state index in [9.17, 15) is 29.1 Å². The first-order valence-electron chi connectivity index (χ1n) is 12.7. The zero-order valence-electron chi connectivity index (χ0n) is 21.6. The molecule has 1 aromatic rings. The molecule has 1 saturated heterocycles. The summed E-state index contributed by atoms with van der Waals surface area (Å²) in [5, 5.41) is 29.1. The standard InChI is InChI=1S/C25H37N7O7/c26-25(27)29-13-5-9-17(22(36)31-18(24(38)39)10-11-20(33)34)30-23(37)19(14-15-6-2-1-3-7-15)32-21(35)16-8-4-12-28-16/h1-3,6-7,16-19,28H,4-5,8-14H2,(H,30,37)(H,31,36)(H,32,35)(H,33,34)(H,38,39)(H4,26,27,29). The number of hydrogen-bond acceptors (Lipinski definition) is 7. The van der Waals surface area contributed by atoms with Crippen LogP contribution in [0.2, 0.25) is 0 Å². The van der Waals surface area contributed by atoms with Crippen molar-refractivity contribution in [1.82, 2.24) is 21.3 Å². The van der Waals surface area contributed by atoms with Gasteiger partial charge >= 0.3 is 11.9 Å². The predicted octanol–water partition coefficient (Wildman–Crippen LogP) is -1.56. The molecule has 1 aromatic carbocycles. The number of carboxylic acids is 2. The lowest BCUT2D eigenvalue weighted by Gasteiger charge is -2.25. The average molecular weight is 548 g/mol. The van der Waals surface area contributed by atoms with Crippen LogP contribution in [0.3, 0.4) is 0 Å². The summed E-state index contributed by atoms with van der Waals surface area (Å²) in [6.45, 7) is 0.846. The van der Waals surface area contributed by atoms with Crippen molar-refractivity contribution in [3.05, 3.63) is 35.9 Å².